The molecule has 0 saturated heterocycles. The number of rotatable bonds is 7. The van der Waals surface area contributed by atoms with Crippen LogP contribution in [0.3, 0.4) is 0 Å². The number of aliphatic hydroxyl groups excluding tert-OH is 3. The lowest BCUT2D eigenvalue weighted by atomic mass is 10.6. The van der Waals surface area contributed by atoms with Crippen molar-refractivity contribution in [2.75, 3.05) is 20.2 Å². The first-order chi connectivity index (χ1) is 6.60. The van der Waals surface area contributed by atoms with E-state index in [1.807, 2.05) is 0 Å². The van der Waals surface area contributed by atoms with Gasteiger partial charge in [-0.1, -0.05) is 0 Å². The zero-order valence-electron chi connectivity index (χ0n) is 7.78. The maximum absolute atomic E-state index is 10.7. The van der Waals surface area contributed by atoms with Crippen LogP contribution in [0, 0.1) is 0 Å². The van der Waals surface area contributed by atoms with E-state index in [1.54, 1.807) is 0 Å². The van der Waals surface area contributed by atoms with E-state index in [0.717, 1.165) is 6.92 Å². The van der Waals surface area contributed by atoms with Gasteiger partial charge in [0.2, 0.25) is 0 Å². The summed E-state index contributed by atoms with van der Waals surface area (Å²) in [5.74, 6) is -2.34. The summed E-state index contributed by atoms with van der Waals surface area (Å²) in [5, 5.41) is 32.8. The smallest absolute Gasteiger partial charge is 0.306 e. The second-order valence-corrected chi connectivity index (χ2v) is 2.28. The first-order valence-electron chi connectivity index (χ1n) is 3.87. The van der Waals surface area contributed by atoms with Gasteiger partial charge in [0.25, 0.3) is 5.97 Å². The van der Waals surface area contributed by atoms with Crippen molar-refractivity contribution in [3.63, 3.8) is 0 Å². The van der Waals surface area contributed by atoms with E-state index in [2.05, 4.69) is 16.0 Å². The van der Waals surface area contributed by atoms with Gasteiger partial charge in [0.15, 0.2) is 0 Å². The van der Waals surface area contributed by atoms with E-state index in [4.69, 9.17) is 20.1 Å². The van der Waals surface area contributed by atoms with Crippen LogP contribution < -0.4 is 16.0 Å². The Kier molecular flexibility index (Phi) is 6.28. The molecule has 0 aliphatic heterocycles. The molecule has 0 spiro atoms. The predicted octanol–water partition coefficient (Wildman–Crippen LogP) is -3.22. The van der Waals surface area contributed by atoms with E-state index >= 15 is 0 Å². The topological polar surface area (TPSA) is 123 Å². The highest BCUT2D eigenvalue weighted by Gasteiger charge is 2.31. The fraction of sp³-hybridized carbons (Fsp3) is 0.833. The predicted molar refractivity (Wildman–Crippen MR) is 45.2 cm³/mol. The van der Waals surface area contributed by atoms with Crippen molar-refractivity contribution in [2.24, 2.45) is 0 Å². The molecule has 6 N–H and O–H groups in total. The molecule has 8 heteroatoms. The molecule has 14 heavy (non-hydrogen) atoms. The van der Waals surface area contributed by atoms with Crippen LogP contribution in [-0.2, 0) is 9.53 Å². The highest BCUT2D eigenvalue weighted by atomic mass is 16.6. The summed E-state index contributed by atoms with van der Waals surface area (Å²) in [6, 6.07) is 0. The first kappa shape index (κ1) is 13.2. The number of ether oxygens (including phenoxy) is 1. The minimum absolute atomic E-state index is 0.521. The van der Waals surface area contributed by atoms with Crippen LogP contribution in [0.4, 0.5) is 0 Å². The first-order valence-corrected chi connectivity index (χ1v) is 3.87. The summed E-state index contributed by atoms with van der Waals surface area (Å²) in [4.78, 5) is 10.7. The van der Waals surface area contributed by atoms with Gasteiger partial charge in [-0.25, -0.2) is 16.0 Å². The van der Waals surface area contributed by atoms with E-state index in [0.29, 0.717) is 0 Å². The van der Waals surface area contributed by atoms with Crippen LogP contribution in [0.25, 0.3) is 0 Å². The Labute approximate surface area is 80.9 Å². The van der Waals surface area contributed by atoms with Gasteiger partial charge in [-0.15, -0.1) is 0 Å². The number of hydrogen-bond donors (Lipinski definition) is 6. The normalized spacial score (nSPS) is 11.4. The van der Waals surface area contributed by atoms with Crippen LogP contribution in [0.2, 0.25) is 0 Å². The summed E-state index contributed by atoms with van der Waals surface area (Å²) < 4.78 is 4.71. The average Bonchev–Trinajstić information content (AvgIpc) is 2.03. The summed E-state index contributed by atoms with van der Waals surface area (Å²) in [7, 11) is 0. The summed E-state index contributed by atoms with van der Waals surface area (Å²) in [5.41, 5.74) is 0. The Morgan fingerprint density at radius 1 is 1.14 bits per heavy atom. The van der Waals surface area contributed by atoms with Gasteiger partial charge in [-0.2, -0.15) is 0 Å². The van der Waals surface area contributed by atoms with Gasteiger partial charge in [0, 0.05) is 6.92 Å². The fourth-order valence-electron chi connectivity index (χ4n) is 0.845. The van der Waals surface area contributed by atoms with Crippen molar-refractivity contribution < 1.29 is 24.9 Å². The number of carbonyl (C=O) groups is 1. The van der Waals surface area contributed by atoms with Crippen molar-refractivity contribution in [3.8, 4) is 0 Å². The molecule has 0 aromatic rings. The lowest BCUT2D eigenvalue weighted by Gasteiger charge is -2.33. The third-order valence-corrected chi connectivity index (χ3v) is 1.28. The molecule has 0 bridgehead atoms. The Morgan fingerprint density at radius 3 is 1.71 bits per heavy atom. The lowest BCUT2D eigenvalue weighted by molar-refractivity contribution is -0.180. The van der Waals surface area contributed by atoms with Crippen LogP contribution in [0.5, 0.6) is 0 Å². The van der Waals surface area contributed by atoms with E-state index in [1.165, 1.54) is 0 Å². The van der Waals surface area contributed by atoms with Gasteiger partial charge in [-0.05, 0) is 0 Å². The molecule has 0 aliphatic rings. The van der Waals surface area contributed by atoms with Crippen LogP contribution >= 0.6 is 0 Å². The Morgan fingerprint density at radius 2 is 1.50 bits per heavy atom. The molecule has 0 unspecified atom stereocenters. The van der Waals surface area contributed by atoms with Crippen LogP contribution in [0.15, 0.2) is 0 Å². The minimum atomic E-state index is -1.68. The van der Waals surface area contributed by atoms with Gasteiger partial charge < -0.3 is 20.1 Å². The summed E-state index contributed by atoms with van der Waals surface area (Å²) >= 11 is 0. The molecule has 0 aromatic heterocycles. The van der Waals surface area contributed by atoms with Gasteiger partial charge >= 0.3 is 5.97 Å². The molecule has 0 amide bonds. The van der Waals surface area contributed by atoms with Crippen molar-refractivity contribution in [3.05, 3.63) is 0 Å². The molecule has 84 valence electrons. The molecule has 8 nitrogen and oxygen atoms in total. The van der Waals surface area contributed by atoms with Crippen LogP contribution in [-0.4, -0.2) is 47.5 Å². The van der Waals surface area contributed by atoms with Gasteiger partial charge in [0.1, 0.15) is 0 Å². The monoisotopic (exact) mass is 209 g/mol. The molecule has 0 heterocycles. The number of esters is 1. The quantitative estimate of drug-likeness (QED) is 0.191. The highest BCUT2D eigenvalue weighted by Crippen LogP contribution is 1.97. The molecule has 0 radical (unpaired) electrons. The Hall–Kier alpha value is -0.770. The zero-order chi connectivity index (χ0) is 11.0. The number of hydrogen-bond acceptors (Lipinski definition) is 8. The molecular formula is C6H15N3O5. The number of carbonyl (C=O) groups excluding carboxylic acids is 1. The maximum Gasteiger partial charge on any atom is 0.306 e. The van der Waals surface area contributed by atoms with E-state index in [-0.39, 0.29) is 0 Å². The molecule has 0 aliphatic carbocycles. The molecule has 0 fully saturated rings. The second kappa shape index (κ2) is 6.65. The lowest BCUT2D eigenvalue weighted by Crippen LogP contribution is -2.69. The van der Waals surface area contributed by atoms with Crippen LogP contribution in [0.1, 0.15) is 6.92 Å². The molecular weight excluding hydrogens is 194 g/mol. The summed E-state index contributed by atoms with van der Waals surface area (Å²) in [6.45, 7) is -0.417. The number of aliphatic hydroxyl groups is 3. The summed E-state index contributed by atoms with van der Waals surface area (Å²) in [6.07, 6.45) is 0. The van der Waals surface area contributed by atoms with Gasteiger partial charge in [0.05, 0.1) is 20.2 Å². The van der Waals surface area contributed by atoms with Crippen molar-refractivity contribution in [1.29, 1.82) is 0 Å². The van der Waals surface area contributed by atoms with E-state index in [9.17, 15) is 4.79 Å². The fourth-order valence-corrected chi connectivity index (χ4v) is 0.845. The largest absolute Gasteiger partial charge is 0.416 e. The highest BCUT2D eigenvalue weighted by molar-refractivity contribution is 5.66. The molecule has 0 saturated carbocycles. The van der Waals surface area contributed by atoms with Crippen molar-refractivity contribution in [1.82, 2.24) is 16.0 Å². The maximum atomic E-state index is 10.7. The number of nitrogens with one attached hydrogen (secondary N) is 3. The third kappa shape index (κ3) is 4.46. The van der Waals surface area contributed by atoms with Crippen molar-refractivity contribution in [2.45, 2.75) is 12.9 Å². The molecule has 0 atom stereocenters. The second-order valence-electron chi connectivity index (χ2n) is 2.28. The average molecular weight is 209 g/mol. The van der Waals surface area contributed by atoms with Gasteiger partial charge in [-0.3, -0.25) is 4.79 Å². The molecule has 0 rings (SSSR count). The zero-order valence-corrected chi connectivity index (χ0v) is 7.78. The molecule has 0 aromatic carbocycles. The standard InChI is InChI=1S/C6H15N3O5/c1-5(13)14-6(7-2-10,8-3-11)9-4-12/h7-12H,2-4H2,1H3. The minimum Gasteiger partial charge on any atom is -0.416 e. The SMILES string of the molecule is CC(=O)OC(NCO)(NCO)NCO. The third-order valence-electron chi connectivity index (χ3n) is 1.28. The Balaban J connectivity index is 4.45. The Bertz CT molecular complexity index is 160. The van der Waals surface area contributed by atoms with E-state index < -0.39 is 32.1 Å². The van der Waals surface area contributed by atoms with Crippen molar-refractivity contribution >= 4 is 5.97 Å².